The molecule has 14 heavy (non-hydrogen) atoms. The summed E-state index contributed by atoms with van der Waals surface area (Å²) in [5, 5.41) is 0. The fourth-order valence-corrected chi connectivity index (χ4v) is 1.14. The van der Waals surface area contributed by atoms with E-state index < -0.39 is 0 Å². The Balaban J connectivity index is 2.51. The average molecular weight is 193 g/mol. The Morgan fingerprint density at radius 1 is 1.86 bits per heavy atom. The number of hydroxylamine groups is 1. The second kappa shape index (κ2) is 5.43. The Morgan fingerprint density at radius 2 is 2.64 bits per heavy atom. The number of nitrogens with one attached hydrogen (secondary N) is 1. The van der Waals surface area contributed by atoms with Crippen molar-refractivity contribution in [3.63, 3.8) is 0 Å². The minimum atomic E-state index is 0.262. The van der Waals surface area contributed by atoms with Crippen LogP contribution in [0.4, 0.5) is 0 Å². The van der Waals surface area contributed by atoms with Gasteiger partial charge in [0.2, 0.25) is 0 Å². The summed E-state index contributed by atoms with van der Waals surface area (Å²) < 4.78 is 0. The van der Waals surface area contributed by atoms with Crippen LogP contribution in [0.25, 0.3) is 0 Å². The quantitative estimate of drug-likeness (QED) is 0.400. The normalized spacial score (nSPS) is 20.4. The molecule has 0 amide bonds. The van der Waals surface area contributed by atoms with Gasteiger partial charge in [0.15, 0.2) is 0 Å². The zero-order valence-electron chi connectivity index (χ0n) is 8.58. The standard InChI is InChI=1S/C10H15N3O/c1-4-5-14-12-9(2)10-6-11-8-13(3)7-10/h1,6,12H,5,7-8H2,2-3H3/b10-9-. The maximum absolute atomic E-state index is 5.05. The lowest BCUT2D eigenvalue weighted by Gasteiger charge is -2.20. The Labute approximate surface area is 84.6 Å². The number of likely N-dealkylation sites (N-methyl/N-ethyl adjacent to an activating group) is 1. The zero-order chi connectivity index (χ0) is 10.4. The van der Waals surface area contributed by atoms with E-state index in [4.69, 9.17) is 11.3 Å². The molecule has 76 valence electrons. The Bertz CT molecular complexity index is 288. The molecule has 1 N–H and O–H groups in total. The average Bonchev–Trinajstić information content (AvgIpc) is 2.18. The molecule has 0 radical (unpaired) electrons. The first kappa shape index (κ1) is 10.8. The van der Waals surface area contributed by atoms with Gasteiger partial charge in [-0.2, -0.15) is 0 Å². The molecule has 4 heteroatoms. The summed E-state index contributed by atoms with van der Waals surface area (Å²) in [7, 11) is 2.02. The van der Waals surface area contributed by atoms with E-state index in [1.54, 1.807) is 0 Å². The van der Waals surface area contributed by atoms with E-state index >= 15 is 0 Å². The van der Waals surface area contributed by atoms with Crippen LogP contribution < -0.4 is 5.48 Å². The van der Waals surface area contributed by atoms with Crippen molar-refractivity contribution >= 4 is 6.21 Å². The third-order valence-corrected chi connectivity index (χ3v) is 1.87. The fraction of sp³-hybridized carbons (Fsp3) is 0.500. The summed E-state index contributed by atoms with van der Waals surface area (Å²) in [4.78, 5) is 11.3. The van der Waals surface area contributed by atoms with Crippen molar-refractivity contribution in [3.8, 4) is 12.3 Å². The number of terminal acetylenes is 1. The number of nitrogens with zero attached hydrogens (tertiary/aromatic N) is 2. The maximum atomic E-state index is 5.05. The smallest absolute Gasteiger partial charge is 0.135 e. The highest BCUT2D eigenvalue weighted by Crippen LogP contribution is 2.05. The molecule has 0 unspecified atom stereocenters. The van der Waals surface area contributed by atoms with Crippen LogP contribution in [-0.4, -0.2) is 38.0 Å². The van der Waals surface area contributed by atoms with Crippen molar-refractivity contribution in [3.05, 3.63) is 11.3 Å². The van der Waals surface area contributed by atoms with E-state index in [1.165, 1.54) is 0 Å². The lowest BCUT2D eigenvalue weighted by Crippen LogP contribution is -2.28. The van der Waals surface area contributed by atoms with Gasteiger partial charge in [-0.15, -0.1) is 6.42 Å². The molecule has 0 aromatic rings. The van der Waals surface area contributed by atoms with Gasteiger partial charge in [-0.05, 0) is 14.0 Å². The van der Waals surface area contributed by atoms with Gasteiger partial charge in [-0.1, -0.05) is 5.92 Å². The molecule has 0 saturated carbocycles. The number of aliphatic imine (C=N–C) groups is 1. The largest absolute Gasteiger partial charge is 0.283 e. The van der Waals surface area contributed by atoms with E-state index in [9.17, 15) is 0 Å². The van der Waals surface area contributed by atoms with Gasteiger partial charge in [-0.3, -0.25) is 20.2 Å². The molecule has 0 aromatic heterocycles. The molecular formula is C10H15N3O. The van der Waals surface area contributed by atoms with Crippen LogP contribution in [0.15, 0.2) is 16.3 Å². The van der Waals surface area contributed by atoms with Crippen molar-refractivity contribution in [2.45, 2.75) is 6.92 Å². The van der Waals surface area contributed by atoms with Crippen molar-refractivity contribution in [1.29, 1.82) is 0 Å². The maximum Gasteiger partial charge on any atom is 0.135 e. The highest BCUT2D eigenvalue weighted by molar-refractivity contribution is 5.80. The second-order valence-electron chi connectivity index (χ2n) is 3.21. The van der Waals surface area contributed by atoms with E-state index in [1.807, 2.05) is 20.2 Å². The molecule has 4 nitrogen and oxygen atoms in total. The predicted molar refractivity (Wildman–Crippen MR) is 56.6 cm³/mol. The summed E-state index contributed by atoms with van der Waals surface area (Å²) in [6.45, 7) is 3.83. The number of allylic oxidation sites excluding steroid dienone is 1. The van der Waals surface area contributed by atoms with Gasteiger partial charge in [0, 0.05) is 24.0 Å². The van der Waals surface area contributed by atoms with E-state index in [-0.39, 0.29) is 6.61 Å². The summed E-state index contributed by atoms with van der Waals surface area (Å²) in [6.07, 6.45) is 6.91. The molecule has 0 bridgehead atoms. The van der Waals surface area contributed by atoms with Gasteiger partial charge in [0.05, 0.1) is 6.67 Å². The first-order valence-corrected chi connectivity index (χ1v) is 4.43. The third kappa shape index (κ3) is 3.21. The first-order valence-electron chi connectivity index (χ1n) is 4.43. The van der Waals surface area contributed by atoms with E-state index in [0.717, 1.165) is 24.5 Å². The van der Waals surface area contributed by atoms with Crippen LogP contribution in [0, 0.1) is 12.3 Å². The lowest BCUT2D eigenvalue weighted by atomic mass is 10.2. The second-order valence-corrected chi connectivity index (χ2v) is 3.21. The lowest BCUT2D eigenvalue weighted by molar-refractivity contribution is 0.0894. The Hall–Kier alpha value is -1.31. The SMILES string of the molecule is C#CCON/C(C)=C1/C=NCN(C)C1. The number of hydrogen-bond acceptors (Lipinski definition) is 4. The van der Waals surface area contributed by atoms with Crippen molar-refractivity contribution in [2.75, 3.05) is 26.9 Å². The number of hydrogen-bond donors (Lipinski definition) is 1. The molecule has 0 aliphatic carbocycles. The van der Waals surface area contributed by atoms with Crippen molar-refractivity contribution in [2.24, 2.45) is 4.99 Å². The van der Waals surface area contributed by atoms with Crippen LogP contribution in [0.3, 0.4) is 0 Å². The van der Waals surface area contributed by atoms with Crippen LogP contribution in [-0.2, 0) is 4.84 Å². The van der Waals surface area contributed by atoms with Gasteiger partial charge >= 0.3 is 0 Å². The highest BCUT2D eigenvalue weighted by atomic mass is 16.6. The summed E-state index contributed by atoms with van der Waals surface area (Å²) in [5.41, 5.74) is 4.87. The molecular weight excluding hydrogens is 178 g/mol. The van der Waals surface area contributed by atoms with E-state index in [2.05, 4.69) is 21.3 Å². The Kier molecular flexibility index (Phi) is 4.17. The van der Waals surface area contributed by atoms with Crippen LogP contribution in [0.5, 0.6) is 0 Å². The van der Waals surface area contributed by atoms with Gasteiger partial charge in [0.1, 0.15) is 6.61 Å². The third-order valence-electron chi connectivity index (χ3n) is 1.87. The molecule has 0 aromatic carbocycles. The van der Waals surface area contributed by atoms with Crippen molar-refractivity contribution < 1.29 is 4.84 Å². The molecule has 0 atom stereocenters. The van der Waals surface area contributed by atoms with Gasteiger partial charge in [-0.25, -0.2) is 0 Å². The molecule has 1 aliphatic heterocycles. The van der Waals surface area contributed by atoms with E-state index in [0.29, 0.717) is 0 Å². The predicted octanol–water partition coefficient (Wildman–Crippen LogP) is 0.389. The topological polar surface area (TPSA) is 36.9 Å². The van der Waals surface area contributed by atoms with Gasteiger partial charge in [0.25, 0.3) is 0 Å². The summed E-state index contributed by atoms with van der Waals surface area (Å²) in [5.74, 6) is 2.38. The monoisotopic (exact) mass is 193 g/mol. The molecule has 1 heterocycles. The number of rotatable bonds is 3. The van der Waals surface area contributed by atoms with Crippen LogP contribution in [0.2, 0.25) is 0 Å². The Morgan fingerprint density at radius 3 is 3.29 bits per heavy atom. The minimum absolute atomic E-state index is 0.262. The van der Waals surface area contributed by atoms with Crippen molar-refractivity contribution in [1.82, 2.24) is 10.4 Å². The van der Waals surface area contributed by atoms with Crippen LogP contribution >= 0.6 is 0 Å². The highest BCUT2D eigenvalue weighted by Gasteiger charge is 2.08. The van der Waals surface area contributed by atoms with Gasteiger partial charge < -0.3 is 0 Å². The molecule has 0 fully saturated rings. The zero-order valence-corrected chi connectivity index (χ0v) is 8.58. The first-order chi connectivity index (χ1) is 6.74. The molecule has 0 spiro atoms. The molecule has 0 saturated heterocycles. The molecule has 1 rings (SSSR count). The fourth-order valence-electron chi connectivity index (χ4n) is 1.14. The molecule has 1 aliphatic rings. The summed E-state index contributed by atoms with van der Waals surface area (Å²) in [6, 6.07) is 0. The van der Waals surface area contributed by atoms with Crippen LogP contribution in [0.1, 0.15) is 6.92 Å². The summed E-state index contributed by atoms with van der Waals surface area (Å²) >= 11 is 0. The minimum Gasteiger partial charge on any atom is -0.283 e.